The van der Waals surface area contributed by atoms with Crippen molar-refractivity contribution in [2.24, 2.45) is 0 Å². The van der Waals surface area contributed by atoms with Crippen molar-refractivity contribution in [3.05, 3.63) is 65.0 Å². The molecular formula is C22H17N5O4S. The smallest absolute Gasteiger partial charge is 0.262 e. The third-order valence-corrected chi connectivity index (χ3v) is 6.09. The topological polar surface area (TPSA) is 106 Å². The highest BCUT2D eigenvalue weighted by Gasteiger charge is 2.40. The number of anilines is 1. The van der Waals surface area contributed by atoms with Crippen molar-refractivity contribution < 1.29 is 19.1 Å². The molecular weight excluding hydrogens is 430 g/mol. The summed E-state index contributed by atoms with van der Waals surface area (Å²) in [6.07, 6.45) is 0. The molecule has 9 nitrogen and oxygen atoms in total. The minimum Gasteiger partial charge on any atom is -0.497 e. The van der Waals surface area contributed by atoms with Gasteiger partial charge >= 0.3 is 0 Å². The van der Waals surface area contributed by atoms with Gasteiger partial charge in [-0.05, 0) is 31.2 Å². The molecule has 0 saturated carbocycles. The Kier molecular flexibility index (Phi) is 4.71. The largest absolute Gasteiger partial charge is 0.497 e. The van der Waals surface area contributed by atoms with Gasteiger partial charge in [0.15, 0.2) is 0 Å². The fourth-order valence-corrected chi connectivity index (χ4v) is 4.44. The molecule has 4 aromatic rings. The van der Waals surface area contributed by atoms with Gasteiger partial charge in [0.2, 0.25) is 10.9 Å². The maximum Gasteiger partial charge on any atom is 0.262 e. The number of methoxy groups -OCH3 is 1. The summed E-state index contributed by atoms with van der Waals surface area (Å²) in [6.45, 7) is 1.50. The van der Waals surface area contributed by atoms with Crippen molar-refractivity contribution in [1.82, 2.24) is 19.5 Å². The molecule has 10 heteroatoms. The lowest BCUT2D eigenvalue weighted by Crippen LogP contribution is -2.45. The number of nitrogens with one attached hydrogen (secondary N) is 1. The van der Waals surface area contributed by atoms with Gasteiger partial charge in [0.25, 0.3) is 17.8 Å². The maximum atomic E-state index is 12.8. The highest BCUT2D eigenvalue weighted by molar-refractivity contribution is 7.15. The summed E-state index contributed by atoms with van der Waals surface area (Å²) in [5.74, 6) is -0.736. The molecule has 0 fully saturated rings. The fourth-order valence-electron chi connectivity index (χ4n) is 3.61. The lowest BCUT2D eigenvalue weighted by atomic mass is 10.1. The standard InChI is InChI=1S/C22H17N5O4S/c1-12(26-19(29)15-8-3-4-9-16(15)20(26)30)18(28)23-21-24-22-27(25-21)17(11-32-22)13-6-5-7-14(10-13)31-2/h3-12H,1-2H3,(H,23,25,28). The molecule has 0 bridgehead atoms. The minimum absolute atomic E-state index is 0.0921. The van der Waals surface area contributed by atoms with Crippen molar-refractivity contribution in [3.63, 3.8) is 0 Å². The Bertz CT molecular complexity index is 1360. The molecule has 2 aromatic heterocycles. The van der Waals surface area contributed by atoms with E-state index in [4.69, 9.17) is 4.74 Å². The van der Waals surface area contributed by atoms with E-state index in [0.29, 0.717) is 21.8 Å². The summed E-state index contributed by atoms with van der Waals surface area (Å²) in [5.41, 5.74) is 2.27. The van der Waals surface area contributed by atoms with Crippen molar-refractivity contribution in [2.45, 2.75) is 13.0 Å². The first-order valence-electron chi connectivity index (χ1n) is 9.74. The Hall–Kier alpha value is -4.05. The van der Waals surface area contributed by atoms with Crippen LogP contribution in [0.4, 0.5) is 5.95 Å². The normalized spacial score (nSPS) is 14.0. The zero-order valence-corrected chi connectivity index (χ0v) is 17.9. The molecule has 160 valence electrons. The van der Waals surface area contributed by atoms with Gasteiger partial charge in [0.05, 0.1) is 23.9 Å². The van der Waals surface area contributed by atoms with Gasteiger partial charge in [-0.15, -0.1) is 16.4 Å². The van der Waals surface area contributed by atoms with E-state index in [2.05, 4.69) is 15.4 Å². The zero-order chi connectivity index (χ0) is 22.4. The van der Waals surface area contributed by atoms with Crippen molar-refractivity contribution in [2.75, 3.05) is 12.4 Å². The minimum atomic E-state index is -1.03. The first kappa shape index (κ1) is 19.9. The molecule has 32 heavy (non-hydrogen) atoms. The predicted molar refractivity (Wildman–Crippen MR) is 118 cm³/mol. The summed E-state index contributed by atoms with van der Waals surface area (Å²) in [6, 6.07) is 13.0. The monoisotopic (exact) mass is 447 g/mol. The number of nitrogens with zero attached hydrogens (tertiary/aromatic N) is 4. The van der Waals surface area contributed by atoms with E-state index in [1.165, 1.54) is 18.3 Å². The second-order valence-corrected chi connectivity index (χ2v) is 8.01. The number of amides is 3. The van der Waals surface area contributed by atoms with Crippen LogP contribution >= 0.6 is 11.3 Å². The van der Waals surface area contributed by atoms with E-state index in [1.807, 2.05) is 29.6 Å². The Morgan fingerprint density at radius 3 is 2.50 bits per heavy atom. The van der Waals surface area contributed by atoms with Crippen LogP contribution < -0.4 is 10.1 Å². The van der Waals surface area contributed by atoms with Gasteiger partial charge in [-0.25, -0.2) is 4.52 Å². The number of fused-ring (bicyclic) bond motifs is 2. The third-order valence-electron chi connectivity index (χ3n) is 5.27. The molecule has 1 unspecified atom stereocenters. The van der Waals surface area contributed by atoms with Gasteiger partial charge in [-0.1, -0.05) is 24.3 Å². The van der Waals surface area contributed by atoms with Crippen molar-refractivity contribution >= 4 is 40.0 Å². The highest BCUT2D eigenvalue weighted by atomic mass is 32.1. The molecule has 0 saturated heterocycles. The summed E-state index contributed by atoms with van der Waals surface area (Å²) in [7, 11) is 1.60. The first-order valence-corrected chi connectivity index (χ1v) is 10.6. The van der Waals surface area contributed by atoms with Gasteiger partial charge in [-0.2, -0.15) is 4.98 Å². The van der Waals surface area contributed by atoms with Crippen molar-refractivity contribution in [1.29, 1.82) is 0 Å². The average Bonchev–Trinajstić information content (AvgIpc) is 3.45. The van der Waals surface area contributed by atoms with Crippen LogP contribution in [0.25, 0.3) is 16.2 Å². The molecule has 3 heterocycles. The van der Waals surface area contributed by atoms with E-state index >= 15 is 0 Å². The average molecular weight is 447 g/mol. The molecule has 0 spiro atoms. The van der Waals surface area contributed by atoms with E-state index in [0.717, 1.165) is 16.2 Å². The van der Waals surface area contributed by atoms with Gasteiger partial charge in [0.1, 0.15) is 11.8 Å². The summed E-state index contributed by atoms with van der Waals surface area (Å²) in [5, 5.41) is 8.92. The van der Waals surface area contributed by atoms with E-state index < -0.39 is 23.8 Å². The summed E-state index contributed by atoms with van der Waals surface area (Å²) in [4.78, 5) is 44.0. The van der Waals surface area contributed by atoms with E-state index in [-0.39, 0.29) is 5.95 Å². The number of carbonyl (C=O) groups excluding carboxylic acids is 3. The van der Waals surface area contributed by atoms with Crippen LogP contribution in [0.5, 0.6) is 5.75 Å². The number of rotatable bonds is 5. The van der Waals surface area contributed by atoms with Crippen LogP contribution in [-0.2, 0) is 4.79 Å². The lowest BCUT2D eigenvalue weighted by Gasteiger charge is -2.20. The number of hydrogen-bond acceptors (Lipinski definition) is 7. The number of aromatic nitrogens is 3. The van der Waals surface area contributed by atoms with Gasteiger partial charge < -0.3 is 4.74 Å². The van der Waals surface area contributed by atoms with Gasteiger partial charge in [0, 0.05) is 10.9 Å². The maximum absolute atomic E-state index is 12.8. The van der Waals surface area contributed by atoms with Crippen LogP contribution in [0.3, 0.4) is 0 Å². The number of hydrogen-bond donors (Lipinski definition) is 1. The van der Waals surface area contributed by atoms with Crippen LogP contribution in [0.15, 0.2) is 53.9 Å². The molecule has 1 atom stereocenters. The zero-order valence-electron chi connectivity index (χ0n) is 17.1. The Labute approximate surface area is 186 Å². The summed E-state index contributed by atoms with van der Waals surface area (Å²) >= 11 is 1.37. The fraction of sp³-hybridized carbons (Fsp3) is 0.136. The molecule has 1 aliphatic heterocycles. The van der Waals surface area contributed by atoms with Gasteiger partial charge in [-0.3, -0.25) is 24.6 Å². The molecule has 2 aromatic carbocycles. The second kappa shape index (κ2) is 7.57. The second-order valence-electron chi connectivity index (χ2n) is 7.17. The molecule has 1 aliphatic rings. The van der Waals surface area contributed by atoms with Crippen LogP contribution in [0.1, 0.15) is 27.6 Å². The van der Waals surface area contributed by atoms with Crippen LogP contribution in [-0.4, -0.2) is 50.4 Å². The van der Waals surface area contributed by atoms with Crippen LogP contribution in [0.2, 0.25) is 0 Å². The van der Waals surface area contributed by atoms with Crippen LogP contribution in [0, 0.1) is 0 Å². The molecule has 1 N–H and O–H groups in total. The third kappa shape index (κ3) is 3.12. The number of benzene rings is 2. The molecule has 3 amide bonds. The Balaban J connectivity index is 1.38. The predicted octanol–water partition coefficient (Wildman–Crippen LogP) is 3.09. The quantitative estimate of drug-likeness (QED) is 0.471. The first-order chi connectivity index (χ1) is 15.5. The number of ether oxygens (including phenoxy) is 1. The summed E-state index contributed by atoms with van der Waals surface area (Å²) < 4.78 is 6.91. The highest BCUT2D eigenvalue weighted by Crippen LogP contribution is 2.29. The number of imide groups is 1. The van der Waals surface area contributed by atoms with E-state index in [9.17, 15) is 14.4 Å². The Morgan fingerprint density at radius 2 is 1.81 bits per heavy atom. The number of carbonyl (C=O) groups is 3. The molecule has 0 aliphatic carbocycles. The van der Waals surface area contributed by atoms with E-state index in [1.54, 1.807) is 35.9 Å². The van der Waals surface area contributed by atoms with Crippen molar-refractivity contribution in [3.8, 4) is 17.0 Å². The lowest BCUT2D eigenvalue weighted by molar-refractivity contribution is -0.119. The SMILES string of the molecule is COc1cccc(-c2csc3nc(NC(=O)C(C)N4C(=O)c5ccccc5C4=O)nn23)c1. The molecule has 5 rings (SSSR count). The molecule has 0 radical (unpaired) electrons. The number of thiazole rings is 1. The Morgan fingerprint density at radius 1 is 1.09 bits per heavy atom.